The van der Waals surface area contributed by atoms with Gasteiger partial charge >= 0.3 is 12.4 Å². The van der Waals surface area contributed by atoms with Crippen LogP contribution in [0.25, 0.3) is 0 Å². The third-order valence-electron chi connectivity index (χ3n) is 9.54. The Bertz CT molecular complexity index is 1310. The predicted molar refractivity (Wildman–Crippen MR) is 147 cm³/mol. The van der Waals surface area contributed by atoms with Gasteiger partial charge in [0.25, 0.3) is 5.91 Å². The topological polar surface area (TPSA) is 53.0 Å². The highest BCUT2D eigenvalue weighted by atomic mass is 19.4. The Morgan fingerprint density at radius 1 is 0.952 bits per heavy atom. The van der Waals surface area contributed by atoms with Gasteiger partial charge in [-0.2, -0.15) is 26.3 Å². The van der Waals surface area contributed by atoms with Crippen LogP contribution in [0.15, 0.2) is 41.6 Å². The van der Waals surface area contributed by atoms with E-state index in [0.29, 0.717) is 37.2 Å². The molecule has 0 bridgehead atoms. The molecule has 1 unspecified atom stereocenters. The molecule has 1 amide bonds. The van der Waals surface area contributed by atoms with E-state index in [2.05, 4.69) is 28.3 Å². The number of piperidine rings is 1. The fourth-order valence-electron chi connectivity index (χ4n) is 7.13. The lowest BCUT2D eigenvalue weighted by Gasteiger charge is -2.44. The monoisotopic (exact) mass is 595 g/mol. The first-order chi connectivity index (χ1) is 19.8. The van der Waals surface area contributed by atoms with Gasteiger partial charge in [0, 0.05) is 36.4 Å². The van der Waals surface area contributed by atoms with Crippen LogP contribution >= 0.6 is 0 Å². The Labute approximate surface area is 241 Å². The van der Waals surface area contributed by atoms with Gasteiger partial charge in [-0.3, -0.25) is 9.69 Å². The minimum atomic E-state index is -4.73. The van der Waals surface area contributed by atoms with E-state index < -0.39 is 35.3 Å². The summed E-state index contributed by atoms with van der Waals surface area (Å²) in [7, 11) is 2.05. The molecule has 1 saturated carbocycles. The van der Waals surface area contributed by atoms with E-state index in [-0.39, 0.29) is 30.0 Å². The zero-order valence-corrected chi connectivity index (χ0v) is 23.6. The smallest absolute Gasteiger partial charge is 0.371 e. The first kappa shape index (κ1) is 30.5. The molecular weight excluding hydrogens is 560 g/mol. The van der Waals surface area contributed by atoms with Crippen LogP contribution in [0.5, 0.6) is 0 Å². The number of halogens is 6. The summed E-state index contributed by atoms with van der Waals surface area (Å²) < 4.78 is 80.5. The molecule has 5 rings (SSSR count). The zero-order valence-electron chi connectivity index (χ0n) is 23.6. The van der Waals surface area contributed by atoms with E-state index in [1.54, 1.807) is 6.92 Å². The highest BCUT2D eigenvalue weighted by Gasteiger charge is 2.41. The molecule has 0 aromatic heterocycles. The number of hydrogen-bond donors (Lipinski definition) is 0. The zero-order chi connectivity index (χ0) is 30.4. The summed E-state index contributed by atoms with van der Waals surface area (Å²) in [6, 6.07) is 8.18. The van der Waals surface area contributed by atoms with Gasteiger partial charge in [0.15, 0.2) is 0 Å². The van der Waals surface area contributed by atoms with Gasteiger partial charge in [-0.15, -0.1) is 4.91 Å². The van der Waals surface area contributed by atoms with Crippen molar-refractivity contribution in [3.8, 4) is 0 Å². The molecule has 2 aliphatic heterocycles. The molecule has 0 spiro atoms. The first-order valence-electron chi connectivity index (χ1n) is 14.5. The van der Waals surface area contributed by atoms with Crippen LogP contribution in [0.2, 0.25) is 0 Å². The van der Waals surface area contributed by atoms with Crippen LogP contribution in [0.1, 0.15) is 72.8 Å². The normalized spacial score (nSPS) is 22.0. The number of likely N-dealkylation sites (tertiary alicyclic amines) is 1. The Hall–Kier alpha value is -2.95. The van der Waals surface area contributed by atoms with E-state index in [0.717, 1.165) is 49.8 Å². The molecular formula is C31H35F6N3O2. The summed E-state index contributed by atoms with van der Waals surface area (Å²) >= 11 is 0. The van der Waals surface area contributed by atoms with Crippen molar-refractivity contribution in [2.75, 3.05) is 25.0 Å². The lowest BCUT2D eigenvalue weighted by molar-refractivity contribution is -0.142. The van der Waals surface area contributed by atoms with E-state index in [4.69, 9.17) is 0 Å². The van der Waals surface area contributed by atoms with Gasteiger partial charge in [0.1, 0.15) is 0 Å². The number of carbonyl (C=O) groups excluding carboxylic acids is 1. The van der Waals surface area contributed by atoms with Gasteiger partial charge in [-0.25, -0.2) is 0 Å². The molecule has 3 aliphatic rings. The molecule has 0 radical (unpaired) electrons. The van der Waals surface area contributed by atoms with Crippen LogP contribution in [-0.2, 0) is 30.1 Å². The molecule has 2 heterocycles. The Kier molecular flexibility index (Phi) is 8.44. The number of carbonyl (C=O) groups is 1. The second-order valence-electron chi connectivity index (χ2n) is 12.2. The van der Waals surface area contributed by atoms with Crippen LogP contribution < -0.4 is 4.90 Å². The number of anilines is 1. The maximum atomic E-state index is 13.6. The number of alkyl halides is 6. The predicted octanol–water partition coefficient (Wildman–Crippen LogP) is 7.81. The third-order valence-corrected chi connectivity index (χ3v) is 9.54. The van der Waals surface area contributed by atoms with Crippen LogP contribution in [0.4, 0.5) is 32.0 Å². The highest BCUT2D eigenvalue weighted by Crippen LogP contribution is 2.48. The second-order valence-corrected chi connectivity index (χ2v) is 12.2. The summed E-state index contributed by atoms with van der Waals surface area (Å²) in [6.07, 6.45) is -4.16. The van der Waals surface area contributed by atoms with E-state index in [9.17, 15) is 36.0 Å². The SMILES string of the molecule is C[C@H](C(=O)N=O)[C@H](c1ccc2c(c1)N(C)C(C1CCN(Cc3cc(C(F)(F)F)ccc3C(F)(F)F)CC1)CC2)C1CC1. The van der Waals surface area contributed by atoms with Gasteiger partial charge in [0.05, 0.1) is 11.1 Å². The van der Waals surface area contributed by atoms with Gasteiger partial charge < -0.3 is 4.90 Å². The fourth-order valence-corrected chi connectivity index (χ4v) is 7.13. The van der Waals surface area contributed by atoms with Crippen LogP contribution in [0, 0.1) is 22.7 Å². The summed E-state index contributed by atoms with van der Waals surface area (Å²) in [6.45, 7) is 2.58. The Morgan fingerprint density at radius 2 is 1.64 bits per heavy atom. The summed E-state index contributed by atoms with van der Waals surface area (Å²) in [5.41, 5.74) is 0.878. The van der Waals surface area contributed by atoms with Crippen molar-refractivity contribution < 1.29 is 31.1 Å². The number of aryl methyl sites for hydroxylation is 1. The molecule has 42 heavy (non-hydrogen) atoms. The largest absolute Gasteiger partial charge is 0.416 e. The number of benzene rings is 2. The minimum absolute atomic E-state index is 0.0602. The average molecular weight is 596 g/mol. The van der Waals surface area contributed by atoms with Crippen LogP contribution in [0.3, 0.4) is 0 Å². The Balaban J connectivity index is 1.28. The first-order valence-corrected chi connectivity index (χ1v) is 14.5. The quantitative estimate of drug-likeness (QED) is 0.242. The summed E-state index contributed by atoms with van der Waals surface area (Å²) in [5.74, 6) is -0.542. The van der Waals surface area contributed by atoms with Crippen molar-refractivity contribution in [3.63, 3.8) is 0 Å². The van der Waals surface area contributed by atoms with Gasteiger partial charge in [0.2, 0.25) is 0 Å². The molecule has 2 fully saturated rings. The average Bonchev–Trinajstić information content (AvgIpc) is 3.78. The number of rotatable bonds is 7. The van der Waals surface area contributed by atoms with Crippen molar-refractivity contribution in [1.82, 2.24) is 4.90 Å². The Morgan fingerprint density at radius 3 is 2.24 bits per heavy atom. The van der Waals surface area contributed by atoms with Crippen molar-refractivity contribution in [3.05, 3.63) is 69.1 Å². The molecule has 11 heteroatoms. The second kappa shape index (κ2) is 11.6. The van der Waals surface area contributed by atoms with E-state index >= 15 is 0 Å². The lowest BCUT2D eigenvalue weighted by Crippen LogP contribution is -2.46. The number of fused-ring (bicyclic) bond motifs is 1. The molecule has 0 N–H and O–H groups in total. The molecule has 1 saturated heterocycles. The maximum absolute atomic E-state index is 13.6. The lowest BCUT2D eigenvalue weighted by atomic mass is 9.79. The summed E-state index contributed by atoms with van der Waals surface area (Å²) in [5, 5.41) is 2.68. The molecule has 5 nitrogen and oxygen atoms in total. The molecule has 2 aromatic rings. The standard InChI is InChI=1S/C31H35F6N3O2/c1-18(29(41)38-42)28(21-4-5-21)22-6-3-19-7-10-26(39(2)27(19)16-22)20-11-13-40(14-12-20)17-23-15-24(30(32,33)34)8-9-25(23)31(35,36)37/h3,6,8-9,15-16,18,20-21,26,28H,4-5,7,10-14,17H2,1-2H3/t18-,26?,28-/m0/s1. The molecule has 1 aliphatic carbocycles. The number of nitroso groups, excluding NO2 is 1. The molecule has 3 atom stereocenters. The third kappa shape index (κ3) is 6.35. The van der Waals surface area contributed by atoms with Crippen molar-refractivity contribution in [1.29, 1.82) is 0 Å². The minimum Gasteiger partial charge on any atom is -0.371 e. The van der Waals surface area contributed by atoms with E-state index in [1.807, 2.05) is 11.9 Å². The number of nitrogens with zero attached hydrogens (tertiary/aromatic N) is 3. The van der Waals surface area contributed by atoms with Crippen molar-refractivity contribution >= 4 is 11.6 Å². The van der Waals surface area contributed by atoms with Crippen molar-refractivity contribution in [2.45, 2.75) is 76.3 Å². The van der Waals surface area contributed by atoms with Gasteiger partial charge in [-0.05, 0) is 110 Å². The van der Waals surface area contributed by atoms with Crippen LogP contribution in [-0.4, -0.2) is 37.0 Å². The number of amides is 1. The fraction of sp³-hybridized carbons (Fsp3) is 0.581. The number of hydrogen-bond acceptors (Lipinski definition) is 4. The van der Waals surface area contributed by atoms with E-state index in [1.165, 1.54) is 5.56 Å². The highest BCUT2D eigenvalue weighted by molar-refractivity contribution is 5.80. The maximum Gasteiger partial charge on any atom is 0.416 e. The van der Waals surface area contributed by atoms with Crippen molar-refractivity contribution in [2.24, 2.45) is 22.9 Å². The molecule has 228 valence electrons. The summed E-state index contributed by atoms with van der Waals surface area (Å²) in [4.78, 5) is 27.2. The van der Waals surface area contributed by atoms with Gasteiger partial charge in [-0.1, -0.05) is 19.1 Å². The molecule has 2 aromatic carbocycles.